The summed E-state index contributed by atoms with van der Waals surface area (Å²) in [6.45, 7) is 8.39. The van der Waals surface area contributed by atoms with E-state index in [0.29, 0.717) is 11.9 Å². The fourth-order valence-electron chi connectivity index (χ4n) is 3.44. The molecule has 1 saturated heterocycles. The van der Waals surface area contributed by atoms with Crippen molar-refractivity contribution in [2.75, 3.05) is 26.2 Å². The molecule has 1 aliphatic heterocycles. The molecule has 0 radical (unpaired) electrons. The number of Topliss-reactive ketones (excluding diaryl/α,β-unsaturated/α-hetero) is 1. The van der Waals surface area contributed by atoms with Crippen molar-refractivity contribution in [3.05, 3.63) is 0 Å². The molecule has 3 heteroatoms. The lowest BCUT2D eigenvalue weighted by Crippen LogP contribution is -2.39. The first-order valence-electron chi connectivity index (χ1n) is 8.09. The van der Waals surface area contributed by atoms with E-state index in [4.69, 9.17) is 4.74 Å². The van der Waals surface area contributed by atoms with Crippen LogP contribution in [0.1, 0.15) is 52.4 Å². The molecule has 3 unspecified atom stereocenters. The fraction of sp³-hybridized carbons (Fsp3) is 0.938. The topological polar surface area (TPSA) is 29.5 Å². The molecule has 0 aromatic rings. The molecule has 2 rings (SSSR count). The third-order valence-corrected chi connectivity index (χ3v) is 4.82. The van der Waals surface area contributed by atoms with Gasteiger partial charge in [0.05, 0.1) is 6.10 Å². The number of hydrogen-bond donors (Lipinski definition) is 0. The minimum atomic E-state index is 0.286. The summed E-state index contributed by atoms with van der Waals surface area (Å²) in [6, 6.07) is 0. The largest absolute Gasteiger partial charge is 0.377 e. The average molecular weight is 267 g/mol. The van der Waals surface area contributed by atoms with Crippen molar-refractivity contribution in [1.29, 1.82) is 0 Å². The van der Waals surface area contributed by atoms with E-state index < -0.39 is 0 Å². The fourth-order valence-corrected chi connectivity index (χ4v) is 3.44. The monoisotopic (exact) mass is 267 g/mol. The van der Waals surface area contributed by atoms with Gasteiger partial charge in [-0.15, -0.1) is 0 Å². The summed E-state index contributed by atoms with van der Waals surface area (Å²) in [4.78, 5) is 14.6. The Hall–Kier alpha value is -0.410. The van der Waals surface area contributed by atoms with Gasteiger partial charge >= 0.3 is 0 Å². The molecule has 0 aromatic carbocycles. The molecule has 3 atom stereocenters. The minimum Gasteiger partial charge on any atom is -0.377 e. The first-order valence-corrected chi connectivity index (χ1v) is 8.09. The summed E-state index contributed by atoms with van der Waals surface area (Å²) >= 11 is 0. The van der Waals surface area contributed by atoms with E-state index in [-0.39, 0.29) is 5.92 Å². The molecule has 0 bridgehead atoms. The van der Waals surface area contributed by atoms with Gasteiger partial charge < -0.3 is 4.74 Å². The number of ether oxygens (including phenoxy) is 1. The Kier molecular flexibility index (Phi) is 5.83. The maximum absolute atomic E-state index is 12.1. The predicted octanol–water partition coefficient (Wildman–Crippen LogP) is 2.88. The molecule has 0 aromatic heterocycles. The maximum Gasteiger partial charge on any atom is 0.137 e. The van der Waals surface area contributed by atoms with Crippen molar-refractivity contribution in [3.63, 3.8) is 0 Å². The Morgan fingerprint density at radius 3 is 2.89 bits per heavy atom. The predicted molar refractivity (Wildman–Crippen MR) is 77.2 cm³/mol. The van der Waals surface area contributed by atoms with Crippen molar-refractivity contribution >= 4 is 5.78 Å². The van der Waals surface area contributed by atoms with E-state index in [1.54, 1.807) is 0 Å². The molecule has 110 valence electrons. The molecular weight excluding hydrogens is 238 g/mol. The van der Waals surface area contributed by atoms with E-state index in [0.717, 1.165) is 64.3 Å². The summed E-state index contributed by atoms with van der Waals surface area (Å²) in [5, 5.41) is 0. The molecule has 0 spiro atoms. The van der Waals surface area contributed by atoms with Gasteiger partial charge in [0.15, 0.2) is 0 Å². The van der Waals surface area contributed by atoms with Gasteiger partial charge in [0.2, 0.25) is 0 Å². The first kappa shape index (κ1) is 15.0. The van der Waals surface area contributed by atoms with Crippen molar-refractivity contribution < 1.29 is 9.53 Å². The highest BCUT2D eigenvalue weighted by Crippen LogP contribution is 2.29. The van der Waals surface area contributed by atoms with Gasteiger partial charge in [-0.3, -0.25) is 9.69 Å². The van der Waals surface area contributed by atoms with Gasteiger partial charge in [0, 0.05) is 38.6 Å². The lowest BCUT2D eigenvalue weighted by atomic mass is 9.79. The lowest BCUT2D eigenvalue weighted by molar-refractivity contribution is -0.126. The van der Waals surface area contributed by atoms with Crippen LogP contribution in [0.5, 0.6) is 0 Å². The van der Waals surface area contributed by atoms with Crippen molar-refractivity contribution in [3.8, 4) is 0 Å². The van der Waals surface area contributed by atoms with E-state index in [1.807, 2.05) is 0 Å². The zero-order valence-electron chi connectivity index (χ0n) is 12.6. The Morgan fingerprint density at radius 1 is 1.32 bits per heavy atom. The maximum atomic E-state index is 12.1. The van der Waals surface area contributed by atoms with Gasteiger partial charge in [0.25, 0.3) is 0 Å². The van der Waals surface area contributed by atoms with Crippen LogP contribution in [0.15, 0.2) is 0 Å². The van der Waals surface area contributed by atoms with Gasteiger partial charge in [0.1, 0.15) is 5.78 Å². The van der Waals surface area contributed by atoms with Crippen LogP contribution in [0.2, 0.25) is 0 Å². The van der Waals surface area contributed by atoms with Crippen molar-refractivity contribution in [2.45, 2.75) is 58.5 Å². The second-order valence-corrected chi connectivity index (χ2v) is 6.23. The number of hydrogen-bond acceptors (Lipinski definition) is 3. The molecule has 2 fully saturated rings. The normalized spacial score (nSPS) is 34.2. The van der Waals surface area contributed by atoms with Crippen LogP contribution in [-0.4, -0.2) is 43.0 Å². The van der Waals surface area contributed by atoms with Gasteiger partial charge in [-0.1, -0.05) is 20.3 Å². The summed E-state index contributed by atoms with van der Waals surface area (Å²) in [5.74, 6) is 1.56. The zero-order valence-corrected chi connectivity index (χ0v) is 12.6. The van der Waals surface area contributed by atoms with E-state index in [1.165, 1.54) is 6.42 Å². The van der Waals surface area contributed by atoms with Crippen LogP contribution in [0.25, 0.3) is 0 Å². The Labute approximate surface area is 117 Å². The van der Waals surface area contributed by atoms with Crippen LogP contribution >= 0.6 is 0 Å². The number of nitrogens with zero attached hydrogens (tertiary/aromatic N) is 1. The number of ketones is 1. The standard InChI is InChI=1S/C16H29NO2/c1-3-13-6-7-16(18)14(10-13)11-17-8-5-9-19-15(4-2)12-17/h13-15H,3-12H2,1-2H3. The highest BCUT2D eigenvalue weighted by atomic mass is 16.5. The first-order chi connectivity index (χ1) is 9.22. The van der Waals surface area contributed by atoms with Crippen LogP contribution in [-0.2, 0) is 9.53 Å². The quantitative estimate of drug-likeness (QED) is 0.784. The van der Waals surface area contributed by atoms with Gasteiger partial charge in [-0.25, -0.2) is 0 Å². The summed E-state index contributed by atoms with van der Waals surface area (Å²) in [6.07, 6.45) is 6.81. The van der Waals surface area contributed by atoms with Crippen molar-refractivity contribution in [2.24, 2.45) is 11.8 Å². The van der Waals surface area contributed by atoms with Crippen LogP contribution in [0.4, 0.5) is 0 Å². The lowest BCUT2D eigenvalue weighted by Gasteiger charge is -2.32. The Balaban J connectivity index is 1.88. The third-order valence-electron chi connectivity index (χ3n) is 4.82. The zero-order chi connectivity index (χ0) is 13.7. The number of carbonyl (C=O) groups excluding carboxylic acids is 1. The third kappa shape index (κ3) is 4.28. The van der Waals surface area contributed by atoms with Gasteiger partial charge in [-0.2, -0.15) is 0 Å². The summed E-state index contributed by atoms with van der Waals surface area (Å²) in [5.41, 5.74) is 0. The van der Waals surface area contributed by atoms with E-state index in [2.05, 4.69) is 18.7 Å². The molecule has 0 amide bonds. The Morgan fingerprint density at radius 2 is 2.16 bits per heavy atom. The number of carbonyl (C=O) groups is 1. The molecule has 1 saturated carbocycles. The average Bonchev–Trinajstić information content (AvgIpc) is 2.66. The summed E-state index contributed by atoms with van der Waals surface area (Å²) < 4.78 is 5.81. The van der Waals surface area contributed by atoms with Crippen LogP contribution < -0.4 is 0 Å². The second kappa shape index (κ2) is 7.39. The molecule has 3 nitrogen and oxygen atoms in total. The highest BCUT2D eigenvalue weighted by molar-refractivity contribution is 5.81. The van der Waals surface area contributed by atoms with E-state index in [9.17, 15) is 4.79 Å². The number of rotatable bonds is 4. The SMILES string of the molecule is CCC1CCC(=O)C(CN2CCCOC(CC)C2)C1. The summed E-state index contributed by atoms with van der Waals surface area (Å²) in [7, 11) is 0. The Bertz CT molecular complexity index is 292. The van der Waals surface area contributed by atoms with Gasteiger partial charge in [-0.05, 0) is 31.6 Å². The molecule has 1 heterocycles. The molecule has 0 N–H and O–H groups in total. The van der Waals surface area contributed by atoms with E-state index >= 15 is 0 Å². The minimum absolute atomic E-state index is 0.286. The van der Waals surface area contributed by atoms with Crippen molar-refractivity contribution in [1.82, 2.24) is 4.90 Å². The van der Waals surface area contributed by atoms with Crippen LogP contribution in [0, 0.1) is 11.8 Å². The highest BCUT2D eigenvalue weighted by Gasteiger charge is 2.30. The molecule has 2 aliphatic rings. The molecular formula is C16H29NO2. The molecule has 19 heavy (non-hydrogen) atoms. The second-order valence-electron chi connectivity index (χ2n) is 6.23. The molecule has 1 aliphatic carbocycles. The van der Waals surface area contributed by atoms with Crippen LogP contribution in [0.3, 0.4) is 0 Å². The smallest absolute Gasteiger partial charge is 0.137 e.